The second-order valence-electron chi connectivity index (χ2n) is 5.88. The monoisotopic (exact) mass is 415 g/mol. The van der Waals surface area contributed by atoms with E-state index in [1.165, 1.54) is 6.07 Å². The molecule has 0 aliphatic rings. The van der Waals surface area contributed by atoms with Gasteiger partial charge in [0.1, 0.15) is 5.82 Å². The van der Waals surface area contributed by atoms with E-state index in [-0.39, 0.29) is 23.0 Å². The molecule has 1 aromatic carbocycles. The van der Waals surface area contributed by atoms with Crippen molar-refractivity contribution < 1.29 is 26.4 Å². The third-order valence-electron chi connectivity index (χ3n) is 3.99. The summed E-state index contributed by atoms with van der Waals surface area (Å²) in [5.74, 6) is -0.162. The minimum absolute atomic E-state index is 0.0114. The number of carbonyl (C=O) groups is 1. The van der Waals surface area contributed by atoms with E-state index in [0.29, 0.717) is 30.9 Å². The van der Waals surface area contributed by atoms with E-state index in [4.69, 9.17) is 0 Å². The fourth-order valence-electron chi connectivity index (χ4n) is 2.50. The molecule has 152 valence electrons. The van der Waals surface area contributed by atoms with Crippen LogP contribution in [0.1, 0.15) is 25.1 Å². The second kappa shape index (κ2) is 8.59. The summed E-state index contributed by atoms with van der Waals surface area (Å²) in [7, 11) is -4.12. The third-order valence-corrected chi connectivity index (χ3v) is 5.36. The Morgan fingerprint density at radius 2 is 1.68 bits per heavy atom. The largest absolute Gasteiger partial charge is 0.416 e. The van der Waals surface area contributed by atoms with Crippen LogP contribution in [0, 0.1) is 0 Å². The van der Waals surface area contributed by atoms with Gasteiger partial charge >= 0.3 is 6.18 Å². The van der Waals surface area contributed by atoms with Gasteiger partial charge in [-0.1, -0.05) is 6.07 Å². The van der Waals surface area contributed by atoms with Gasteiger partial charge in [0.2, 0.25) is 5.91 Å². The molecule has 0 radical (unpaired) electrons. The van der Waals surface area contributed by atoms with Gasteiger partial charge in [-0.05, 0) is 50.2 Å². The summed E-state index contributed by atoms with van der Waals surface area (Å²) < 4.78 is 64.8. The standard InChI is InChI=1S/C18H20F3N3O3S/c1-3-24(4-2)17(25)12-14-6-5-7-16(22-14)23-28(26,27)15-10-8-13(9-11-15)18(19,20)21/h5-11H,3-4,12H2,1-2H3,(H,22,23). The fraction of sp³-hybridized carbons (Fsp3) is 0.333. The van der Waals surface area contributed by atoms with Gasteiger partial charge in [-0.15, -0.1) is 0 Å². The molecule has 2 aromatic rings. The van der Waals surface area contributed by atoms with Crippen LogP contribution in [-0.4, -0.2) is 37.3 Å². The van der Waals surface area contributed by atoms with Crippen molar-refractivity contribution in [3.63, 3.8) is 0 Å². The minimum Gasteiger partial charge on any atom is -0.343 e. The molecule has 1 amide bonds. The fourth-order valence-corrected chi connectivity index (χ4v) is 3.50. The van der Waals surface area contributed by atoms with E-state index in [9.17, 15) is 26.4 Å². The van der Waals surface area contributed by atoms with Crippen molar-refractivity contribution in [1.82, 2.24) is 9.88 Å². The Bertz CT molecular complexity index is 925. The first kappa shape index (κ1) is 21.7. The van der Waals surface area contributed by atoms with Crippen LogP contribution >= 0.6 is 0 Å². The molecule has 0 unspecified atom stereocenters. The number of nitrogens with zero attached hydrogens (tertiary/aromatic N) is 2. The van der Waals surface area contributed by atoms with Crippen molar-refractivity contribution in [3.8, 4) is 0 Å². The number of hydrogen-bond acceptors (Lipinski definition) is 4. The summed E-state index contributed by atoms with van der Waals surface area (Å²) in [6.07, 6.45) is -4.54. The molecular weight excluding hydrogens is 395 g/mol. The normalized spacial score (nSPS) is 11.9. The Morgan fingerprint density at radius 3 is 2.21 bits per heavy atom. The molecule has 0 spiro atoms. The molecule has 1 N–H and O–H groups in total. The molecule has 28 heavy (non-hydrogen) atoms. The van der Waals surface area contributed by atoms with Gasteiger partial charge in [-0.25, -0.2) is 13.4 Å². The molecule has 0 fully saturated rings. The van der Waals surface area contributed by atoms with E-state index < -0.39 is 21.8 Å². The van der Waals surface area contributed by atoms with Crippen molar-refractivity contribution in [2.45, 2.75) is 31.3 Å². The number of benzene rings is 1. The van der Waals surface area contributed by atoms with Crippen LogP contribution in [0.5, 0.6) is 0 Å². The number of hydrogen-bond donors (Lipinski definition) is 1. The Morgan fingerprint density at radius 1 is 1.07 bits per heavy atom. The van der Waals surface area contributed by atoms with Gasteiger partial charge < -0.3 is 4.90 Å². The van der Waals surface area contributed by atoms with E-state index in [1.54, 1.807) is 17.0 Å². The molecule has 10 heteroatoms. The highest BCUT2D eigenvalue weighted by molar-refractivity contribution is 7.92. The third kappa shape index (κ3) is 5.44. The lowest BCUT2D eigenvalue weighted by Gasteiger charge is -2.18. The van der Waals surface area contributed by atoms with Gasteiger partial charge in [-0.2, -0.15) is 13.2 Å². The van der Waals surface area contributed by atoms with E-state index in [0.717, 1.165) is 12.1 Å². The number of halogens is 3. The number of carbonyl (C=O) groups excluding carboxylic acids is 1. The minimum atomic E-state index is -4.55. The summed E-state index contributed by atoms with van der Waals surface area (Å²) in [5, 5.41) is 0. The summed E-state index contributed by atoms with van der Waals surface area (Å²) in [5.41, 5.74) is -0.564. The summed E-state index contributed by atoms with van der Waals surface area (Å²) >= 11 is 0. The van der Waals surface area contributed by atoms with Crippen LogP contribution in [-0.2, 0) is 27.4 Å². The van der Waals surface area contributed by atoms with Crippen LogP contribution in [0.4, 0.5) is 19.0 Å². The smallest absolute Gasteiger partial charge is 0.343 e. The summed E-state index contributed by atoms with van der Waals surface area (Å²) in [6.45, 7) is 4.80. The number of aromatic nitrogens is 1. The first-order valence-corrected chi connectivity index (χ1v) is 9.99. The molecule has 0 bridgehead atoms. The molecular formula is C18H20F3N3O3S. The number of rotatable bonds is 7. The lowest BCUT2D eigenvalue weighted by atomic mass is 10.2. The van der Waals surface area contributed by atoms with Gasteiger partial charge in [0.25, 0.3) is 10.0 Å². The van der Waals surface area contributed by atoms with Gasteiger partial charge in [0.05, 0.1) is 22.6 Å². The SMILES string of the molecule is CCN(CC)C(=O)Cc1cccc(NS(=O)(=O)c2ccc(C(F)(F)F)cc2)n1. The highest BCUT2D eigenvalue weighted by Gasteiger charge is 2.30. The number of anilines is 1. The van der Waals surface area contributed by atoms with Crippen LogP contribution in [0.2, 0.25) is 0 Å². The van der Waals surface area contributed by atoms with Crippen LogP contribution in [0.15, 0.2) is 47.4 Å². The van der Waals surface area contributed by atoms with Crippen LogP contribution in [0.25, 0.3) is 0 Å². The quantitative estimate of drug-likeness (QED) is 0.753. The maximum Gasteiger partial charge on any atom is 0.416 e. The average Bonchev–Trinajstić information content (AvgIpc) is 2.62. The maximum absolute atomic E-state index is 12.6. The number of amides is 1. The van der Waals surface area contributed by atoms with Crippen molar-refractivity contribution in [1.29, 1.82) is 0 Å². The Labute approximate surface area is 161 Å². The summed E-state index contributed by atoms with van der Waals surface area (Å²) in [6, 6.07) is 7.67. The maximum atomic E-state index is 12.6. The Kier molecular flexibility index (Phi) is 6.65. The molecule has 0 aliphatic carbocycles. The van der Waals surface area contributed by atoms with Crippen molar-refractivity contribution in [3.05, 3.63) is 53.7 Å². The number of pyridine rings is 1. The number of likely N-dealkylation sites (N-methyl/N-ethyl adjacent to an activating group) is 1. The zero-order chi connectivity index (χ0) is 20.9. The van der Waals surface area contributed by atoms with Crippen molar-refractivity contribution in [2.24, 2.45) is 0 Å². The van der Waals surface area contributed by atoms with E-state index in [1.807, 2.05) is 13.8 Å². The predicted octanol–water partition coefficient (Wildman–Crippen LogP) is 3.31. The molecule has 0 saturated heterocycles. The molecule has 1 aromatic heterocycles. The molecule has 0 aliphatic heterocycles. The second-order valence-corrected chi connectivity index (χ2v) is 7.57. The van der Waals surface area contributed by atoms with Gasteiger partial charge in [0.15, 0.2) is 0 Å². The highest BCUT2D eigenvalue weighted by Crippen LogP contribution is 2.29. The van der Waals surface area contributed by atoms with Crippen molar-refractivity contribution >= 4 is 21.7 Å². The topological polar surface area (TPSA) is 79.4 Å². The molecule has 1 heterocycles. The highest BCUT2D eigenvalue weighted by atomic mass is 32.2. The predicted molar refractivity (Wildman–Crippen MR) is 98.1 cm³/mol. The Balaban J connectivity index is 2.17. The molecule has 0 saturated carbocycles. The number of sulfonamides is 1. The van der Waals surface area contributed by atoms with Crippen LogP contribution in [0.3, 0.4) is 0 Å². The van der Waals surface area contributed by atoms with Gasteiger partial charge in [-0.3, -0.25) is 9.52 Å². The molecule has 2 rings (SSSR count). The van der Waals surface area contributed by atoms with Gasteiger partial charge in [0, 0.05) is 13.1 Å². The first-order valence-electron chi connectivity index (χ1n) is 8.50. The average molecular weight is 415 g/mol. The van der Waals surface area contributed by atoms with Crippen molar-refractivity contribution in [2.75, 3.05) is 17.8 Å². The molecule has 6 nitrogen and oxygen atoms in total. The summed E-state index contributed by atoms with van der Waals surface area (Å²) in [4.78, 5) is 17.6. The number of nitrogens with one attached hydrogen (secondary N) is 1. The lowest BCUT2D eigenvalue weighted by Crippen LogP contribution is -2.32. The zero-order valence-electron chi connectivity index (χ0n) is 15.3. The molecule has 0 atom stereocenters. The number of alkyl halides is 3. The lowest BCUT2D eigenvalue weighted by molar-refractivity contribution is -0.137. The first-order chi connectivity index (χ1) is 13.1. The van der Waals surface area contributed by atoms with E-state index in [2.05, 4.69) is 9.71 Å². The zero-order valence-corrected chi connectivity index (χ0v) is 16.1. The van der Waals surface area contributed by atoms with Crippen LogP contribution < -0.4 is 4.72 Å². The van der Waals surface area contributed by atoms with E-state index >= 15 is 0 Å². The Hall–Kier alpha value is -2.62.